The standard InChI is InChI=1S/C16H19F2N3O2/c1-20-4-2-10(3-5-20)16(23)21-15(14(22)9-19-21)11-6-12(17)8-13(18)7-11/h6-10,14-15,22H,2-5H2,1H3/t14?,15-/m0/s1. The van der Waals surface area contributed by atoms with E-state index in [1.54, 1.807) is 0 Å². The van der Waals surface area contributed by atoms with E-state index in [0.717, 1.165) is 31.3 Å². The second-order valence-corrected chi connectivity index (χ2v) is 6.16. The monoisotopic (exact) mass is 323 g/mol. The number of hydrogen-bond donors (Lipinski definition) is 1. The van der Waals surface area contributed by atoms with Gasteiger partial charge in [-0.05, 0) is 50.7 Å². The van der Waals surface area contributed by atoms with Gasteiger partial charge in [-0.15, -0.1) is 0 Å². The lowest BCUT2D eigenvalue weighted by atomic mass is 9.94. The molecular weight excluding hydrogens is 304 g/mol. The van der Waals surface area contributed by atoms with Crippen LogP contribution in [0.4, 0.5) is 8.78 Å². The smallest absolute Gasteiger partial charge is 0.246 e. The fraction of sp³-hybridized carbons (Fsp3) is 0.500. The summed E-state index contributed by atoms with van der Waals surface area (Å²) in [5.74, 6) is -1.88. The molecule has 1 fully saturated rings. The molecule has 1 amide bonds. The lowest BCUT2D eigenvalue weighted by Gasteiger charge is -2.32. The third-order valence-electron chi connectivity index (χ3n) is 4.45. The average molecular weight is 323 g/mol. The van der Waals surface area contributed by atoms with Gasteiger partial charge in [-0.3, -0.25) is 4.79 Å². The first kappa shape index (κ1) is 16.0. The Morgan fingerprint density at radius 1 is 1.22 bits per heavy atom. The Morgan fingerprint density at radius 2 is 1.83 bits per heavy atom. The number of amides is 1. The molecule has 0 aliphatic carbocycles. The number of aliphatic hydroxyl groups is 1. The van der Waals surface area contributed by atoms with Crippen molar-refractivity contribution in [2.24, 2.45) is 11.0 Å². The molecule has 0 saturated carbocycles. The number of hydrogen-bond acceptors (Lipinski definition) is 4. The van der Waals surface area contributed by atoms with Gasteiger partial charge in [0.2, 0.25) is 5.91 Å². The Kier molecular flexibility index (Phi) is 4.41. The van der Waals surface area contributed by atoms with Crippen LogP contribution in [0.2, 0.25) is 0 Å². The van der Waals surface area contributed by atoms with Gasteiger partial charge >= 0.3 is 0 Å². The van der Waals surface area contributed by atoms with Gasteiger partial charge in [0.25, 0.3) is 0 Å². The van der Waals surface area contributed by atoms with E-state index in [9.17, 15) is 18.7 Å². The summed E-state index contributed by atoms with van der Waals surface area (Å²) in [6, 6.07) is 2.13. The summed E-state index contributed by atoms with van der Waals surface area (Å²) in [5, 5.41) is 15.2. The number of carbonyl (C=O) groups is 1. The van der Waals surface area contributed by atoms with Crippen molar-refractivity contribution in [3.8, 4) is 0 Å². The first-order valence-corrected chi connectivity index (χ1v) is 7.65. The van der Waals surface area contributed by atoms with E-state index < -0.39 is 23.8 Å². The van der Waals surface area contributed by atoms with Crippen molar-refractivity contribution in [2.75, 3.05) is 20.1 Å². The molecule has 0 spiro atoms. The zero-order valence-corrected chi connectivity index (χ0v) is 12.8. The van der Waals surface area contributed by atoms with Crippen molar-refractivity contribution in [3.63, 3.8) is 0 Å². The highest BCUT2D eigenvalue weighted by Crippen LogP contribution is 2.32. The van der Waals surface area contributed by atoms with Crippen molar-refractivity contribution in [1.82, 2.24) is 9.91 Å². The van der Waals surface area contributed by atoms with Crippen molar-refractivity contribution >= 4 is 12.1 Å². The topological polar surface area (TPSA) is 56.1 Å². The zero-order valence-electron chi connectivity index (χ0n) is 12.8. The van der Waals surface area contributed by atoms with Crippen molar-refractivity contribution < 1.29 is 18.7 Å². The molecule has 0 bridgehead atoms. The van der Waals surface area contributed by atoms with E-state index in [2.05, 4.69) is 10.0 Å². The minimum Gasteiger partial charge on any atom is -0.385 e. The van der Waals surface area contributed by atoms with E-state index in [0.29, 0.717) is 12.8 Å². The number of nitrogens with zero attached hydrogens (tertiary/aromatic N) is 3. The second-order valence-electron chi connectivity index (χ2n) is 6.16. The quantitative estimate of drug-likeness (QED) is 0.898. The van der Waals surface area contributed by atoms with E-state index in [1.165, 1.54) is 11.2 Å². The first-order chi connectivity index (χ1) is 11.0. The average Bonchev–Trinajstić information content (AvgIpc) is 2.88. The molecule has 1 unspecified atom stereocenters. The number of carbonyl (C=O) groups excluding carboxylic acids is 1. The Morgan fingerprint density at radius 3 is 2.43 bits per heavy atom. The summed E-state index contributed by atoms with van der Waals surface area (Å²) in [7, 11) is 2.00. The van der Waals surface area contributed by atoms with Crippen LogP contribution in [0.15, 0.2) is 23.3 Å². The highest BCUT2D eigenvalue weighted by Gasteiger charge is 2.39. The molecular formula is C16H19F2N3O2. The molecule has 0 aromatic heterocycles. The lowest BCUT2D eigenvalue weighted by molar-refractivity contribution is -0.140. The van der Waals surface area contributed by atoms with Gasteiger partial charge in [-0.1, -0.05) is 0 Å². The van der Waals surface area contributed by atoms with E-state index in [4.69, 9.17) is 0 Å². The van der Waals surface area contributed by atoms with Crippen LogP contribution in [0, 0.1) is 17.6 Å². The molecule has 1 saturated heterocycles. The molecule has 0 radical (unpaired) electrons. The van der Waals surface area contributed by atoms with Crippen LogP contribution in [0.5, 0.6) is 0 Å². The largest absolute Gasteiger partial charge is 0.385 e. The molecule has 3 rings (SSSR count). The van der Waals surface area contributed by atoms with Crippen LogP contribution in [0.3, 0.4) is 0 Å². The molecule has 7 heteroatoms. The predicted molar refractivity (Wildman–Crippen MR) is 80.7 cm³/mol. The minimum atomic E-state index is -1.08. The Bertz CT molecular complexity index is 610. The van der Waals surface area contributed by atoms with Crippen LogP contribution in [0.25, 0.3) is 0 Å². The summed E-state index contributed by atoms with van der Waals surface area (Å²) >= 11 is 0. The van der Waals surface area contributed by atoms with Crippen molar-refractivity contribution in [1.29, 1.82) is 0 Å². The minimum absolute atomic E-state index is 0.186. The highest BCUT2D eigenvalue weighted by atomic mass is 19.1. The van der Waals surface area contributed by atoms with Crippen LogP contribution < -0.4 is 0 Å². The normalized spacial score (nSPS) is 26.0. The van der Waals surface area contributed by atoms with Gasteiger partial charge in [0.15, 0.2) is 0 Å². The number of piperidine rings is 1. The molecule has 124 valence electrons. The van der Waals surface area contributed by atoms with Gasteiger partial charge in [-0.25, -0.2) is 13.8 Å². The number of rotatable bonds is 2. The van der Waals surface area contributed by atoms with E-state index in [1.807, 2.05) is 7.05 Å². The van der Waals surface area contributed by atoms with Gasteiger partial charge in [-0.2, -0.15) is 5.10 Å². The van der Waals surface area contributed by atoms with Gasteiger partial charge in [0.1, 0.15) is 23.8 Å². The zero-order chi connectivity index (χ0) is 16.6. The Labute approximate surface area is 133 Å². The Hall–Kier alpha value is -1.86. The van der Waals surface area contributed by atoms with Crippen LogP contribution in [-0.4, -0.2) is 53.4 Å². The fourth-order valence-electron chi connectivity index (χ4n) is 3.16. The SMILES string of the molecule is CN1CCC(C(=O)N2N=CC(O)[C@@H]2c2cc(F)cc(F)c2)CC1. The summed E-state index contributed by atoms with van der Waals surface area (Å²) in [6.07, 6.45) is 1.58. The van der Waals surface area contributed by atoms with Crippen LogP contribution in [-0.2, 0) is 4.79 Å². The Balaban J connectivity index is 1.83. The molecule has 2 aliphatic heterocycles. The van der Waals surface area contributed by atoms with Crippen molar-refractivity contribution in [2.45, 2.75) is 25.0 Å². The highest BCUT2D eigenvalue weighted by molar-refractivity contribution is 5.83. The van der Waals surface area contributed by atoms with Crippen LogP contribution in [0.1, 0.15) is 24.4 Å². The lowest BCUT2D eigenvalue weighted by Crippen LogP contribution is -2.41. The van der Waals surface area contributed by atoms with Crippen molar-refractivity contribution in [3.05, 3.63) is 35.4 Å². The number of halogens is 2. The predicted octanol–water partition coefficient (Wildman–Crippen LogP) is 1.54. The summed E-state index contributed by atoms with van der Waals surface area (Å²) in [5.41, 5.74) is 0.203. The molecule has 2 aliphatic rings. The summed E-state index contributed by atoms with van der Waals surface area (Å²) < 4.78 is 26.9. The summed E-state index contributed by atoms with van der Waals surface area (Å²) in [4.78, 5) is 14.8. The third-order valence-corrected chi connectivity index (χ3v) is 4.45. The maximum absolute atomic E-state index is 13.5. The first-order valence-electron chi connectivity index (χ1n) is 7.65. The molecule has 2 atom stereocenters. The number of hydrazone groups is 1. The maximum atomic E-state index is 13.5. The molecule has 1 aromatic rings. The van der Waals surface area contributed by atoms with Gasteiger partial charge < -0.3 is 10.0 Å². The second kappa shape index (κ2) is 6.33. The number of likely N-dealkylation sites (tertiary alicyclic amines) is 1. The molecule has 23 heavy (non-hydrogen) atoms. The third kappa shape index (κ3) is 3.25. The van der Waals surface area contributed by atoms with E-state index >= 15 is 0 Å². The summed E-state index contributed by atoms with van der Waals surface area (Å²) in [6.45, 7) is 1.63. The van der Waals surface area contributed by atoms with Crippen LogP contribution >= 0.6 is 0 Å². The molecule has 2 heterocycles. The fourth-order valence-corrected chi connectivity index (χ4v) is 3.16. The number of aliphatic hydroxyl groups excluding tert-OH is 1. The van der Waals surface area contributed by atoms with Gasteiger partial charge in [0.05, 0.1) is 6.21 Å². The van der Waals surface area contributed by atoms with Gasteiger partial charge in [0, 0.05) is 12.0 Å². The molecule has 5 nitrogen and oxygen atoms in total. The van der Waals surface area contributed by atoms with E-state index in [-0.39, 0.29) is 17.4 Å². The molecule has 1 N–H and O–H groups in total. The maximum Gasteiger partial charge on any atom is 0.246 e. The molecule has 1 aromatic carbocycles. The number of benzene rings is 1.